The van der Waals surface area contributed by atoms with Gasteiger partial charge in [-0.25, -0.2) is 0 Å². The molecule has 4 nitrogen and oxygen atoms in total. The topological polar surface area (TPSA) is 46.6 Å². The summed E-state index contributed by atoms with van der Waals surface area (Å²) in [5.74, 6) is -0.404. The van der Waals surface area contributed by atoms with Crippen LogP contribution in [0.25, 0.3) is 43.4 Å². The van der Waals surface area contributed by atoms with Gasteiger partial charge in [-0.1, -0.05) is 84.9 Å². The first-order valence-electron chi connectivity index (χ1n) is 14.1. The van der Waals surface area contributed by atoms with Crippen LogP contribution in [0.1, 0.15) is 0 Å². The van der Waals surface area contributed by atoms with Crippen LogP contribution in [0, 0.1) is 0 Å². The standard InChI is InChI=1S/C37H24F3NO3S/c38-37(39,40)45(42,43)44-30-19-21-34-33-20-18-26(23-35(33)31-16-7-8-17-32(31)36(34)24-30)25-10-9-15-29(22-25)41(27-11-3-1-4-12-27)28-13-5-2-6-14-28/h1-24H. The van der Waals surface area contributed by atoms with Crippen LogP contribution in [0.3, 0.4) is 0 Å². The van der Waals surface area contributed by atoms with Crippen molar-refractivity contribution in [3.8, 4) is 16.9 Å². The van der Waals surface area contributed by atoms with Crippen molar-refractivity contribution >= 4 is 59.5 Å². The first-order chi connectivity index (χ1) is 21.7. The number of anilines is 3. The maximum absolute atomic E-state index is 13.0. The molecule has 7 rings (SSSR count). The smallest absolute Gasteiger partial charge is 0.376 e. The van der Waals surface area contributed by atoms with Gasteiger partial charge in [-0.3, -0.25) is 0 Å². The van der Waals surface area contributed by atoms with Gasteiger partial charge in [-0.05, 0) is 104 Å². The Hall–Kier alpha value is -5.34. The molecule has 0 radical (unpaired) electrons. The van der Waals surface area contributed by atoms with E-state index < -0.39 is 21.4 Å². The number of halogens is 3. The van der Waals surface area contributed by atoms with E-state index in [0.29, 0.717) is 5.39 Å². The lowest BCUT2D eigenvalue weighted by atomic mass is 9.92. The quantitative estimate of drug-likeness (QED) is 0.106. The number of para-hydroxylation sites is 2. The van der Waals surface area contributed by atoms with E-state index in [4.69, 9.17) is 0 Å². The van der Waals surface area contributed by atoms with Gasteiger partial charge >= 0.3 is 15.6 Å². The molecule has 0 amide bonds. The zero-order valence-corrected chi connectivity index (χ0v) is 24.4. The number of fused-ring (bicyclic) bond motifs is 6. The van der Waals surface area contributed by atoms with Crippen molar-refractivity contribution in [2.24, 2.45) is 0 Å². The molecule has 8 heteroatoms. The van der Waals surface area contributed by atoms with Crippen molar-refractivity contribution < 1.29 is 25.8 Å². The average molecular weight is 620 g/mol. The molecule has 222 valence electrons. The molecule has 0 spiro atoms. The van der Waals surface area contributed by atoms with E-state index in [-0.39, 0.29) is 0 Å². The maximum Gasteiger partial charge on any atom is 0.534 e. The molecule has 0 aliphatic heterocycles. The van der Waals surface area contributed by atoms with Gasteiger partial charge in [0.1, 0.15) is 5.75 Å². The Morgan fingerprint density at radius 2 is 0.956 bits per heavy atom. The summed E-state index contributed by atoms with van der Waals surface area (Å²) < 4.78 is 66.8. The van der Waals surface area contributed by atoms with Crippen LogP contribution in [0.2, 0.25) is 0 Å². The number of nitrogens with zero attached hydrogens (tertiary/aromatic N) is 1. The lowest BCUT2D eigenvalue weighted by Crippen LogP contribution is -2.28. The number of alkyl halides is 3. The van der Waals surface area contributed by atoms with Crippen molar-refractivity contribution in [2.75, 3.05) is 4.90 Å². The molecule has 0 saturated heterocycles. The predicted molar refractivity (Wildman–Crippen MR) is 175 cm³/mol. The average Bonchev–Trinajstić information content (AvgIpc) is 3.05. The second kappa shape index (κ2) is 11.0. The van der Waals surface area contributed by atoms with Crippen LogP contribution in [0.4, 0.5) is 30.2 Å². The number of hydrogen-bond acceptors (Lipinski definition) is 4. The molecule has 0 saturated carbocycles. The van der Waals surface area contributed by atoms with Crippen molar-refractivity contribution in [1.29, 1.82) is 0 Å². The fraction of sp³-hybridized carbons (Fsp3) is 0.0270. The third kappa shape index (κ3) is 5.23. The van der Waals surface area contributed by atoms with Crippen LogP contribution < -0.4 is 9.08 Å². The first-order valence-corrected chi connectivity index (χ1v) is 15.5. The van der Waals surface area contributed by atoms with E-state index in [2.05, 4.69) is 57.6 Å². The fourth-order valence-corrected chi connectivity index (χ4v) is 6.22. The van der Waals surface area contributed by atoms with Gasteiger partial charge in [-0.2, -0.15) is 21.6 Å². The highest BCUT2D eigenvalue weighted by Gasteiger charge is 2.48. The molecule has 0 N–H and O–H groups in total. The molecule has 7 aromatic rings. The minimum Gasteiger partial charge on any atom is -0.376 e. The van der Waals surface area contributed by atoms with E-state index in [1.54, 1.807) is 6.07 Å². The summed E-state index contributed by atoms with van der Waals surface area (Å²) in [6.45, 7) is 0. The highest BCUT2D eigenvalue weighted by Crippen LogP contribution is 2.41. The van der Waals surface area contributed by atoms with Crippen LogP contribution in [-0.2, 0) is 10.1 Å². The van der Waals surface area contributed by atoms with Gasteiger partial charge < -0.3 is 9.08 Å². The van der Waals surface area contributed by atoms with E-state index in [0.717, 1.165) is 55.1 Å². The Kier molecular flexibility index (Phi) is 6.94. The van der Waals surface area contributed by atoms with E-state index in [9.17, 15) is 21.6 Å². The molecule has 45 heavy (non-hydrogen) atoms. The molecule has 0 aromatic heterocycles. The first kappa shape index (κ1) is 28.4. The Labute approximate surface area is 257 Å². The zero-order valence-electron chi connectivity index (χ0n) is 23.6. The van der Waals surface area contributed by atoms with Gasteiger partial charge in [0.2, 0.25) is 0 Å². The van der Waals surface area contributed by atoms with Crippen molar-refractivity contribution in [1.82, 2.24) is 0 Å². The van der Waals surface area contributed by atoms with Gasteiger partial charge in [0.15, 0.2) is 0 Å². The van der Waals surface area contributed by atoms with E-state index >= 15 is 0 Å². The number of rotatable bonds is 6. The third-order valence-corrected chi connectivity index (χ3v) is 8.74. The molecule has 0 unspecified atom stereocenters. The summed E-state index contributed by atoms with van der Waals surface area (Å²) in [5.41, 5.74) is -0.468. The van der Waals surface area contributed by atoms with Crippen LogP contribution in [0.15, 0.2) is 146 Å². The molecule has 0 bridgehead atoms. The normalized spacial score (nSPS) is 12.1. The van der Waals surface area contributed by atoms with Gasteiger partial charge in [0.25, 0.3) is 0 Å². The molecular formula is C37H24F3NO3S. The van der Waals surface area contributed by atoms with Gasteiger partial charge in [0, 0.05) is 17.1 Å². The van der Waals surface area contributed by atoms with E-state index in [1.165, 1.54) is 12.1 Å². The summed E-state index contributed by atoms with van der Waals surface area (Å²) >= 11 is 0. The highest BCUT2D eigenvalue weighted by atomic mass is 32.2. The minimum atomic E-state index is -5.80. The Morgan fingerprint density at radius 1 is 0.467 bits per heavy atom. The third-order valence-electron chi connectivity index (χ3n) is 7.76. The second-order valence-electron chi connectivity index (χ2n) is 10.6. The molecule has 0 fully saturated rings. The van der Waals surface area contributed by atoms with Crippen molar-refractivity contribution in [3.63, 3.8) is 0 Å². The number of benzene rings is 7. The Balaban J connectivity index is 1.36. The molecular weight excluding hydrogens is 595 g/mol. The van der Waals surface area contributed by atoms with Crippen LogP contribution in [-0.4, -0.2) is 13.9 Å². The summed E-state index contributed by atoms with van der Waals surface area (Å²) in [7, 11) is -5.80. The SMILES string of the molecule is O=S(=O)(Oc1ccc2c3ccc(-c4cccc(N(c5ccccc5)c5ccccc5)c4)cc3c3ccccc3c2c1)C(F)(F)F. The summed E-state index contributed by atoms with van der Waals surface area (Å²) in [5, 5.41) is 4.83. The highest BCUT2D eigenvalue weighted by molar-refractivity contribution is 7.88. The van der Waals surface area contributed by atoms with Crippen molar-refractivity contribution in [2.45, 2.75) is 5.51 Å². The van der Waals surface area contributed by atoms with E-state index in [1.807, 2.05) is 78.9 Å². The molecule has 0 aliphatic carbocycles. The second-order valence-corrected chi connectivity index (χ2v) is 12.1. The predicted octanol–water partition coefficient (Wildman–Crippen LogP) is 10.5. The summed E-state index contributed by atoms with van der Waals surface area (Å²) in [4.78, 5) is 2.20. The fourth-order valence-electron chi connectivity index (χ4n) is 5.77. The molecule has 0 atom stereocenters. The van der Waals surface area contributed by atoms with Gasteiger partial charge in [-0.15, -0.1) is 0 Å². The Bertz CT molecular complexity index is 2250. The molecule has 0 aliphatic rings. The van der Waals surface area contributed by atoms with Crippen LogP contribution in [0.5, 0.6) is 5.75 Å². The van der Waals surface area contributed by atoms with Crippen LogP contribution >= 0.6 is 0 Å². The van der Waals surface area contributed by atoms with Crippen molar-refractivity contribution in [3.05, 3.63) is 146 Å². The summed E-state index contributed by atoms with van der Waals surface area (Å²) in [6.07, 6.45) is 0. The minimum absolute atomic E-state index is 0.404. The largest absolute Gasteiger partial charge is 0.534 e. The van der Waals surface area contributed by atoms with Gasteiger partial charge in [0.05, 0.1) is 0 Å². The molecule has 7 aromatic carbocycles. The number of hydrogen-bond donors (Lipinski definition) is 0. The maximum atomic E-state index is 13.0. The zero-order chi connectivity index (χ0) is 31.2. The lowest BCUT2D eigenvalue weighted by Gasteiger charge is -2.26. The lowest BCUT2D eigenvalue weighted by molar-refractivity contribution is -0.0500. The summed E-state index contributed by atoms with van der Waals surface area (Å²) in [6, 6.07) is 46.5. The molecule has 0 heterocycles. The monoisotopic (exact) mass is 619 g/mol. The Morgan fingerprint density at radius 3 is 1.56 bits per heavy atom.